The Balaban J connectivity index is 2.91. The Morgan fingerprint density at radius 2 is 1.63 bits per heavy atom. The molecule has 0 amide bonds. The molecule has 0 aliphatic rings. The van der Waals surface area contributed by atoms with Crippen LogP contribution in [0.25, 0.3) is 0 Å². The van der Waals surface area contributed by atoms with Crippen molar-refractivity contribution in [3.8, 4) is 5.75 Å². The normalized spacial score (nSPS) is 10.7. The maximum absolute atomic E-state index is 8.93. The molecule has 1 aromatic rings. The van der Waals surface area contributed by atoms with Crippen LogP contribution in [-0.2, 0) is 19.3 Å². The summed E-state index contributed by atoms with van der Waals surface area (Å²) < 4.78 is 5.73. The highest BCUT2D eigenvalue weighted by atomic mass is 16.5. The van der Waals surface area contributed by atoms with Crippen molar-refractivity contribution in [1.29, 1.82) is 0 Å². The third-order valence-electron chi connectivity index (χ3n) is 3.47. The SMILES string of the molecule is CCCCCc1cc(CC)c(OCCO)c(CC)c1. The van der Waals surface area contributed by atoms with Gasteiger partial charge in [0.25, 0.3) is 0 Å². The van der Waals surface area contributed by atoms with Gasteiger partial charge in [-0.3, -0.25) is 0 Å². The van der Waals surface area contributed by atoms with Crippen LogP contribution in [0.15, 0.2) is 12.1 Å². The highest BCUT2D eigenvalue weighted by Crippen LogP contribution is 2.28. The molecule has 0 spiro atoms. The number of aryl methyl sites for hydroxylation is 3. The molecule has 0 unspecified atom stereocenters. The van der Waals surface area contributed by atoms with Crippen molar-refractivity contribution in [3.05, 3.63) is 28.8 Å². The van der Waals surface area contributed by atoms with Crippen LogP contribution < -0.4 is 4.74 Å². The van der Waals surface area contributed by atoms with E-state index in [9.17, 15) is 0 Å². The van der Waals surface area contributed by atoms with Gasteiger partial charge in [-0.25, -0.2) is 0 Å². The van der Waals surface area contributed by atoms with Crippen LogP contribution in [0, 0.1) is 0 Å². The van der Waals surface area contributed by atoms with Crippen molar-refractivity contribution in [3.63, 3.8) is 0 Å². The lowest BCUT2D eigenvalue weighted by molar-refractivity contribution is 0.199. The lowest BCUT2D eigenvalue weighted by Gasteiger charge is -2.16. The second-order valence-electron chi connectivity index (χ2n) is 4.98. The predicted molar refractivity (Wildman–Crippen MR) is 81.0 cm³/mol. The molecule has 0 saturated heterocycles. The van der Waals surface area contributed by atoms with Crippen molar-refractivity contribution in [2.24, 2.45) is 0 Å². The van der Waals surface area contributed by atoms with Gasteiger partial charge in [0.1, 0.15) is 12.4 Å². The Hall–Kier alpha value is -1.02. The highest BCUT2D eigenvalue weighted by molar-refractivity contribution is 5.45. The van der Waals surface area contributed by atoms with Crippen LogP contribution in [-0.4, -0.2) is 18.3 Å². The van der Waals surface area contributed by atoms with E-state index in [1.54, 1.807) is 0 Å². The molecule has 19 heavy (non-hydrogen) atoms. The summed E-state index contributed by atoms with van der Waals surface area (Å²) >= 11 is 0. The monoisotopic (exact) mass is 264 g/mol. The van der Waals surface area contributed by atoms with E-state index in [0.717, 1.165) is 25.0 Å². The Labute approximate surface area is 117 Å². The zero-order valence-electron chi connectivity index (χ0n) is 12.7. The van der Waals surface area contributed by atoms with Gasteiger partial charge in [0.15, 0.2) is 0 Å². The van der Waals surface area contributed by atoms with Crippen molar-refractivity contribution in [2.45, 2.75) is 59.3 Å². The molecule has 0 aromatic heterocycles. The summed E-state index contributed by atoms with van der Waals surface area (Å²) in [5, 5.41) is 8.93. The number of ether oxygens (including phenoxy) is 1. The maximum Gasteiger partial charge on any atom is 0.125 e. The first kappa shape index (κ1) is 16.0. The third-order valence-corrected chi connectivity index (χ3v) is 3.47. The summed E-state index contributed by atoms with van der Waals surface area (Å²) in [6.45, 7) is 7.02. The van der Waals surface area contributed by atoms with Crippen molar-refractivity contribution in [1.82, 2.24) is 0 Å². The molecule has 108 valence electrons. The minimum Gasteiger partial charge on any atom is -0.491 e. The number of aliphatic hydroxyl groups excluding tert-OH is 1. The molecular formula is C17H28O2. The minimum absolute atomic E-state index is 0.0740. The fourth-order valence-electron chi connectivity index (χ4n) is 2.41. The largest absolute Gasteiger partial charge is 0.491 e. The molecule has 1 rings (SSSR count). The quantitative estimate of drug-likeness (QED) is 0.685. The minimum atomic E-state index is 0.0740. The maximum atomic E-state index is 8.93. The summed E-state index contributed by atoms with van der Waals surface area (Å²) in [5.41, 5.74) is 3.98. The van der Waals surface area contributed by atoms with Gasteiger partial charge >= 0.3 is 0 Å². The van der Waals surface area contributed by atoms with Gasteiger partial charge < -0.3 is 9.84 Å². The number of unbranched alkanes of at least 4 members (excludes halogenated alkanes) is 2. The summed E-state index contributed by atoms with van der Waals surface area (Å²) in [5.74, 6) is 0.998. The molecule has 2 nitrogen and oxygen atoms in total. The van der Waals surface area contributed by atoms with E-state index in [4.69, 9.17) is 9.84 Å². The van der Waals surface area contributed by atoms with E-state index in [0.29, 0.717) is 6.61 Å². The Kier molecular flexibility index (Phi) is 7.57. The zero-order valence-corrected chi connectivity index (χ0v) is 12.7. The van der Waals surface area contributed by atoms with Crippen LogP contribution in [0.1, 0.15) is 56.7 Å². The predicted octanol–water partition coefficient (Wildman–Crippen LogP) is 3.92. The molecule has 0 heterocycles. The average Bonchev–Trinajstić information content (AvgIpc) is 2.45. The van der Waals surface area contributed by atoms with Gasteiger partial charge in [0.2, 0.25) is 0 Å². The summed E-state index contributed by atoms with van der Waals surface area (Å²) in [7, 11) is 0. The van der Waals surface area contributed by atoms with Crippen LogP contribution >= 0.6 is 0 Å². The van der Waals surface area contributed by atoms with Crippen molar-refractivity contribution >= 4 is 0 Å². The molecule has 0 fully saturated rings. The number of rotatable bonds is 9. The molecule has 2 heteroatoms. The highest BCUT2D eigenvalue weighted by Gasteiger charge is 2.10. The Morgan fingerprint density at radius 3 is 2.11 bits per heavy atom. The Bertz CT molecular complexity index is 347. The average molecular weight is 264 g/mol. The van der Waals surface area contributed by atoms with E-state index >= 15 is 0 Å². The number of hydrogen-bond donors (Lipinski definition) is 1. The van der Waals surface area contributed by atoms with Gasteiger partial charge in [0.05, 0.1) is 6.61 Å². The summed E-state index contributed by atoms with van der Waals surface area (Å²) in [6, 6.07) is 4.56. The summed E-state index contributed by atoms with van der Waals surface area (Å²) in [4.78, 5) is 0. The second-order valence-corrected chi connectivity index (χ2v) is 4.98. The summed E-state index contributed by atoms with van der Waals surface area (Å²) in [6.07, 6.45) is 6.95. The van der Waals surface area contributed by atoms with Crippen molar-refractivity contribution in [2.75, 3.05) is 13.2 Å². The fourth-order valence-corrected chi connectivity index (χ4v) is 2.41. The number of aliphatic hydroxyl groups is 1. The lowest BCUT2D eigenvalue weighted by atomic mass is 9.97. The van der Waals surface area contributed by atoms with Crippen LogP contribution in [0.3, 0.4) is 0 Å². The van der Waals surface area contributed by atoms with E-state index < -0.39 is 0 Å². The molecule has 0 atom stereocenters. The van der Waals surface area contributed by atoms with E-state index in [1.807, 2.05) is 0 Å². The third kappa shape index (κ3) is 4.87. The number of hydrogen-bond acceptors (Lipinski definition) is 2. The number of benzene rings is 1. The van der Waals surface area contributed by atoms with Gasteiger partial charge in [-0.2, -0.15) is 0 Å². The van der Waals surface area contributed by atoms with Gasteiger partial charge in [-0.1, -0.05) is 45.7 Å². The van der Waals surface area contributed by atoms with Crippen LogP contribution in [0.2, 0.25) is 0 Å². The van der Waals surface area contributed by atoms with Gasteiger partial charge in [-0.15, -0.1) is 0 Å². The first-order valence-electron chi connectivity index (χ1n) is 7.65. The lowest BCUT2D eigenvalue weighted by Crippen LogP contribution is -2.07. The fraction of sp³-hybridized carbons (Fsp3) is 0.647. The molecule has 0 bridgehead atoms. The van der Waals surface area contributed by atoms with Crippen LogP contribution in [0.5, 0.6) is 5.75 Å². The van der Waals surface area contributed by atoms with E-state index in [2.05, 4.69) is 32.9 Å². The molecule has 0 aliphatic heterocycles. The van der Waals surface area contributed by atoms with Gasteiger partial charge in [0, 0.05) is 0 Å². The molecule has 1 aromatic carbocycles. The topological polar surface area (TPSA) is 29.5 Å². The molecule has 0 radical (unpaired) electrons. The smallest absolute Gasteiger partial charge is 0.125 e. The molecule has 0 saturated carbocycles. The molecular weight excluding hydrogens is 236 g/mol. The zero-order chi connectivity index (χ0) is 14.1. The van der Waals surface area contributed by atoms with E-state index in [1.165, 1.54) is 36.0 Å². The molecule has 1 N–H and O–H groups in total. The van der Waals surface area contributed by atoms with Crippen molar-refractivity contribution < 1.29 is 9.84 Å². The standard InChI is InChI=1S/C17H28O2/c1-4-7-8-9-14-12-15(5-2)17(19-11-10-18)16(6-3)13-14/h12-13,18H,4-11H2,1-3H3. The first-order valence-corrected chi connectivity index (χ1v) is 7.65. The Morgan fingerprint density at radius 1 is 1.00 bits per heavy atom. The first-order chi connectivity index (χ1) is 9.26. The second kappa shape index (κ2) is 8.98. The van der Waals surface area contributed by atoms with E-state index in [-0.39, 0.29) is 6.61 Å². The van der Waals surface area contributed by atoms with Crippen LogP contribution in [0.4, 0.5) is 0 Å². The molecule has 0 aliphatic carbocycles. The van der Waals surface area contributed by atoms with Gasteiger partial charge in [-0.05, 0) is 42.4 Å².